The number of amides is 1. The van der Waals surface area contributed by atoms with Crippen molar-refractivity contribution in [2.45, 2.75) is 26.3 Å². The highest BCUT2D eigenvalue weighted by atomic mass is 19.1. The number of benzene rings is 1. The highest BCUT2D eigenvalue weighted by molar-refractivity contribution is 5.95. The monoisotopic (exact) mass is 361 g/mol. The maximum atomic E-state index is 13.0. The van der Waals surface area contributed by atoms with Crippen LogP contribution in [0.25, 0.3) is 0 Å². The lowest BCUT2D eigenvalue weighted by Crippen LogP contribution is -2.38. The van der Waals surface area contributed by atoms with E-state index in [9.17, 15) is 18.8 Å². The molecule has 1 aromatic carbocycles. The molecule has 1 amide bonds. The number of carbonyl (C=O) groups excluding carboxylic acids is 2. The first-order valence-electron chi connectivity index (χ1n) is 8.12. The highest BCUT2D eigenvalue weighted by Crippen LogP contribution is 2.15. The normalized spacial score (nSPS) is 10.4. The van der Waals surface area contributed by atoms with Crippen molar-refractivity contribution < 1.29 is 18.7 Å². The second kappa shape index (κ2) is 8.91. The van der Waals surface area contributed by atoms with Crippen LogP contribution in [0, 0.1) is 5.82 Å². The average molecular weight is 361 g/mol. The van der Waals surface area contributed by atoms with E-state index in [1.165, 1.54) is 24.3 Å². The van der Waals surface area contributed by atoms with Gasteiger partial charge in [-0.15, -0.1) is 0 Å². The molecule has 2 aromatic rings. The number of nitrogens with one attached hydrogen (secondary N) is 1. The summed E-state index contributed by atoms with van der Waals surface area (Å²) < 4.78 is 18.4. The molecule has 0 saturated heterocycles. The first-order chi connectivity index (χ1) is 12.5. The first kappa shape index (κ1) is 19.3. The van der Waals surface area contributed by atoms with E-state index in [0.29, 0.717) is 18.3 Å². The number of ether oxygens (including phenoxy) is 1. The summed E-state index contributed by atoms with van der Waals surface area (Å²) in [5, 5.41) is 0.881. The molecule has 0 saturated carbocycles. The van der Waals surface area contributed by atoms with E-state index in [0.717, 1.165) is 17.6 Å². The van der Waals surface area contributed by atoms with Gasteiger partial charge in [-0.05, 0) is 24.1 Å². The summed E-state index contributed by atoms with van der Waals surface area (Å²) in [6.07, 6.45) is 3.04. The number of carbonyl (C=O) groups is 2. The van der Waals surface area contributed by atoms with Gasteiger partial charge in [-0.25, -0.2) is 10.2 Å². The molecule has 138 valence electrons. The Labute approximate surface area is 149 Å². The highest BCUT2D eigenvalue weighted by Gasteiger charge is 2.22. The van der Waals surface area contributed by atoms with Gasteiger partial charge in [-0.3, -0.25) is 19.4 Å². The molecule has 1 heterocycles. The van der Waals surface area contributed by atoms with Gasteiger partial charge in [0.2, 0.25) is 5.43 Å². The van der Waals surface area contributed by atoms with E-state index in [1.54, 1.807) is 0 Å². The van der Waals surface area contributed by atoms with Gasteiger partial charge in [0.1, 0.15) is 5.82 Å². The number of halogens is 1. The van der Waals surface area contributed by atoms with Gasteiger partial charge in [-0.2, -0.15) is 0 Å². The zero-order valence-electron chi connectivity index (χ0n) is 14.3. The standard InChI is InChI=1S/C18H20FN3O4/c1-2-3-8-26-17-15(21-9-13(11-23)16(17)24)18(25)22(20)10-12-4-6-14(19)7-5-12/h4-7,9,11H,2-3,8,10,20H2,1H3,(H,21,24). The molecule has 0 unspecified atom stereocenters. The van der Waals surface area contributed by atoms with E-state index < -0.39 is 17.2 Å². The van der Waals surface area contributed by atoms with Crippen molar-refractivity contribution in [1.29, 1.82) is 0 Å². The maximum absolute atomic E-state index is 13.0. The van der Waals surface area contributed by atoms with Crippen molar-refractivity contribution in [3.8, 4) is 5.75 Å². The Bertz CT molecular complexity index is 833. The Kier molecular flexibility index (Phi) is 6.62. The molecule has 7 nitrogen and oxygen atoms in total. The zero-order valence-corrected chi connectivity index (χ0v) is 14.3. The summed E-state index contributed by atoms with van der Waals surface area (Å²) in [4.78, 5) is 38.5. The van der Waals surface area contributed by atoms with Crippen LogP contribution >= 0.6 is 0 Å². The number of nitrogens with two attached hydrogens (primary N) is 1. The molecule has 0 aliphatic heterocycles. The number of H-pyrrole nitrogens is 1. The minimum Gasteiger partial charge on any atom is -0.487 e. The van der Waals surface area contributed by atoms with Gasteiger partial charge < -0.3 is 9.72 Å². The quantitative estimate of drug-likeness (QED) is 0.246. The molecule has 0 radical (unpaired) electrons. The second-order valence-electron chi connectivity index (χ2n) is 5.66. The number of aldehydes is 1. The maximum Gasteiger partial charge on any atom is 0.288 e. The fourth-order valence-corrected chi connectivity index (χ4v) is 2.23. The Morgan fingerprint density at radius 3 is 2.65 bits per heavy atom. The fraction of sp³-hybridized carbons (Fsp3) is 0.278. The molecule has 3 N–H and O–H groups in total. The number of aromatic amines is 1. The van der Waals surface area contributed by atoms with Crippen molar-refractivity contribution in [2.24, 2.45) is 5.84 Å². The van der Waals surface area contributed by atoms with Gasteiger partial charge >= 0.3 is 0 Å². The molecule has 0 aliphatic rings. The molecule has 2 rings (SSSR count). The van der Waals surface area contributed by atoms with Crippen LogP contribution in [0.15, 0.2) is 35.3 Å². The summed E-state index contributed by atoms with van der Waals surface area (Å²) in [5.41, 5.74) is -0.340. The summed E-state index contributed by atoms with van der Waals surface area (Å²) in [6.45, 7) is 2.18. The lowest BCUT2D eigenvalue weighted by atomic mass is 10.2. The molecule has 26 heavy (non-hydrogen) atoms. The fourth-order valence-electron chi connectivity index (χ4n) is 2.23. The van der Waals surface area contributed by atoms with Gasteiger partial charge in [0.15, 0.2) is 17.7 Å². The average Bonchev–Trinajstić information content (AvgIpc) is 2.64. The van der Waals surface area contributed by atoms with Crippen molar-refractivity contribution in [3.63, 3.8) is 0 Å². The van der Waals surface area contributed by atoms with Crippen LogP contribution in [0.3, 0.4) is 0 Å². The third kappa shape index (κ3) is 4.54. The van der Waals surface area contributed by atoms with Gasteiger partial charge in [0, 0.05) is 6.20 Å². The predicted molar refractivity (Wildman–Crippen MR) is 93.3 cm³/mol. The Morgan fingerprint density at radius 2 is 2.04 bits per heavy atom. The van der Waals surface area contributed by atoms with Crippen molar-refractivity contribution in [3.05, 3.63) is 63.3 Å². The van der Waals surface area contributed by atoms with E-state index in [-0.39, 0.29) is 30.2 Å². The van der Waals surface area contributed by atoms with E-state index in [4.69, 9.17) is 10.6 Å². The molecule has 8 heteroatoms. The lowest BCUT2D eigenvalue weighted by Gasteiger charge is -2.18. The zero-order chi connectivity index (χ0) is 19.1. The molecule has 0 aliphatic carbocycles. The summed E-state index contributed by atoms with van der Waals surface area (Å²) in [6, 6.07) is 5.51. The lowest BCUT2D eigenvalue weighted by molar-refractivity contribution is 0.0731. The number of hydrogen-bond donors (Lipinski definition) is 2. The summed E-state index contributed by atoms with van der Waals surface area (Å²) in [7, 11) is 0. The second-order valence-corrected chi connectivity index (χ2v) is 5.66. The van der Waals surface area contributed by atoms with Crippen LogP contribution in [0.5, 0.6) is 5.75 Å². The van der Waals surface area contributed by atoms with Gasteiger partial charge in [0.05, 0.1) is 18.7 Å². The topological polar surface area (TPSA) is 105 Å². The first-order valence-corrected chi connectivity index (χ1v) is 8.12. The van der Waals surface area contributed by atoms with E-state index in [2.05, 4.69) is 4.98 Å². The van der Waals surface area contributed by atoms with Crippen LogP contribution < -0.4 is 16.0 Å². The third-order valence-corrected chi connectivity index (χ3v) is 3.68. The van der Waals surface area contributed by atoms with Crippen LogP contribution in [-0.4, -0.2) is 28.8 Å². The van der Waals surface area contributed by atoms with Crippen molar-refractivity contribution in [2.75, 3.05) is 6.61 Å². The Balaban J connectivity index is 2.28. The number of rotatable bonds is 8. The predicted octanol–water partition coefficient (Wildman–Crippen LogP) is 2.02. The third-order valence-electron chi connectivity index (χ3n) is 3.68. The van der Waals surface area contributed by atoms with Gasteiger partial charge in [0.25, 0.3) is 5.91 Å². The number of hydrogen-bond acceptors (Lipinski definition) is 5. The van der Waals surface area contributed by atoms with Crippen molar-refractivity contribution in [1.82, 2.24) is 9.99 Å². The van der Waals surface area contributed by atoms with Crippen LogP contribution in [0.4, 0.5) is 4.39 Å². The molecular weight excluding hydrogens is 341 g/mol. The molecule has 0 atom stereocenters. The minimum atomic E-state index is -0.685. The number of pyridine rings is 1. The Morgan fingerprint density at radius 1 is 1.35 bits per heavy atom. The number of unbranched alkanes of at least 4 members (excludes halogenated alkanes) is 1. The van der Waals surface area contributed by atoms with Crippen LogP contribution in [0.2, 0.25) is 0 Å². The van der Waals surface area contributed by atoms with E-state index in [1.807, 2.05) is 6.92 Å². The number of hydrazine groups is 1. The molecular formula is C18H20FN3O4. The van der Waals surface area contributed by atoms with Crippen molar-refractivity contribution >= 4 is 12.2 Å². The van der Waals surface area contributed by atoms with Crippen LogP contribution in [-0.2, 0) is 6.54 Å². The SMILES string of the molecule is CCCCOc1c(C(=O)N(N)Cc2ccc(F)cc2)[nH]cc(C=O)c1=O. The smallest absolute Gasteiger partial charge is 0.288 e. The summed E-state index contributed by atoms with van der Waals surface area (Å²) in [5.74, 6) is 4.49. The molecule has 1 aromatic heterocycles. The molecule has 0 fully saturated rings. The number of nitrogens with zero attached hydrogens (tertiary/aromatic N) is 1. The Hall–Kier alpha value is -3.00. The molecule has 0 bridgehead atoms. The van der Waals surface area contributed by atoms with Gasteiger partial charge in [-0.1, -0.05) is 25.5 Å². The largest absolute Gasteiger partial charge is 0.487 e. The summed E-state index contributed by atoms with van der Waals surface area (Å²) >= 11 is 0. The minimum absolute atomic E-state index is 0.00494. The number of aromatic nitrogens is 1. The van der Waals surface area contributed by atoms with E-state index >= 15 is 0 Å². The van der Waals surface area contributed by atoms with Crippen LogP contribution in [0.1, 0.15) is 46.2 Å². The molecule has 0 spiro atoms.